The number of nitrogens with zero attached hydrogens (tertiary/aromatic N) is 8. The van der Waals surface area contributed by atoms with Crippen LogP contribution < -0.4 is 32.3 Å². The van der Waals surface area contributed by atoms with Crippen LogP contribution in [0.15, 0.2) is 19.2 Å². The molecule has 6 heterocycles. The Morgan fingerprint density at radius 2 is 0.951 bits per heavy atom. The molecular weight excluding hydrogens is 528 g/mol. The van der Waals surface area contributed by atoms with E-state index in [1.54, 1.807) is 14.1 Å². The zero-order chi connectivity index (χ0) is 28.7. The fraction of sp³-hybridized carbons (Fsp3) is 0.630. The standard InChI is InChI=1S/C27H38N10O4/c1-32-20-18(22(38)30-26(32)40)36(24(28-20)34-12-7-3-4-8-13-34)16-11-17-37-19-21(33(2)27(41)31-23(19)39)29-25(37)35-14-9-5-6-10-15-35/h3-17H2,1-2H3,(H,30,38,40)(H,31,39,41). The minimum absolute atomic E-state index is 0.364. The summed E-state index contributed by atoms with van der Waals surface area (Å²) in [6.07, 6.45) is 9.35. The number of fused-ring (bicyclic) bond motifs is 2. The van der Waals surface area contributed by atoms with E-state index in [9.17, 15) is 19.2 Å². The van der Waals surface area contributed by atoms with Crippen molar-refractivity contribution in [3.63, 3.8) is 0 Å². The van der Waals surface area contributed by atoms with Gasteiger partial charge in [0.05, 0.1) is 0 Å². The van der Waals surface area contributed by atoms with Crippen LogP contribution >= 0.6 is 0 Å². The summed E-state index contributed by atoms with van der Waals surface area (Å²) in [6, 6.07) is 0. The topological polar surface area (TPSA) is 152 Å². The lowest BCUT2D eigenvalue weighted by Gasteiger charge is -2.24. The van der Waals surface area contributed by atoms with Gasteiger partial charge in [0.25, 0.3) is 11.1 Å². The Morgan fingerprint density at radius 1 is 0.585 bits per heavy atom. The van der Waals surface area contributed by atoms with E-state index >= 15 is 0 Å². The van der Waals surface area contributed by atoms with Crippen molar-refractivity contribution < 1.29 is 0 Å². The molecule has 2 fully saturated rings. The van der Waals surface area contributed by atoms with E-state index in [2.05, 4.69) is 19.8 Å². The van der Waals surface area contributed by atoms with Gasteiger partial charge in [-0.05, 0) is 32.1 Å². The highest BCUT2D eigenvalue weighted by molar-refractivity contribution is 5.75. The van der Waals surface area contributed by atoms with E-state index in [1.165, 1.54) is 9.13 Å². The average molecular weight is 567 g/mol. The number of anilines is 2. The maximum absolute atomic E-state index is 13.1. The van der Waals surface area contributed by atoms with Crippen molar-refractivity contribution in [3.8, 4) is 0 Å². The van der Waals surface area contributed by atoms with Gasteiger partial charge >= 0.3 is 11.4 Å². The number of aromatic amines is 2. The van der Waals surface area contributed by atoms with Crippen LogP contribution in [0.2, 0.25) is 0 Å². The molecule has 2 aliphatic heterocycles. The molecule has 2 saturated heterocycles. The Bertz CT molecular complexity index is 1670. The fourth-order valence-electron chi connectivity index (χ4n) is 6.28. The highest BCUT2D eigenvalue weighted by Crippen LogP contribution is 2.26. The fourth-order valence-corrected chi connectivity index (χ4v) is 6.28. The Hall–Kier alpha value is -4.10. The molecule has 6 rings (SSSR count). The van der Waals surface area contributed by atoms with E-state index in [4.69, 9.17) is 9.97 Å². The van der Waals surface area contributed by atoms with Crippen molar-refractivity contribution >= 4 is 34.2 Å². The molecule has 4 aromatic rings. The second-order valence-electron chi connectivity index (χ2n) is 11.3. The van der Waals surface area contributed by atoms with Gasteiger partial charge in [0.15, 0.2) is 22.3 Å². The molecule has 41 heavy (non-hydrogen) atoms. The van der Waals surface area contributed by atoms with Crippen molar-refractivity contribution in [2.24, 2.45) is 14.1 Å². The van der Waals surface area contributed by atoms with Crippen LogP contribution in [-0.4, -0.2) is 64.4 Å². The lowest BCUT2D eigenvalue weighted by Crippen LogP contribution is -2.31. The molecule has 0 unspecified atom stereocenters. The van der Waals surface area contributed by atoms with Crippen LogP contribution in [0.4, 0.5) is 11.9 Å². The molecule has 4 aromatic heterocycles. The van der Waals surface area contributed by atoms with E-state index in [1.807, 2.05) is 9.13 Å². The van der Waals surface area contributed by atoms with Gasteiger partial charge in [-0.15, -0.1) is 0 Å². The van der Waals surface area contributed by atoms with Crippen LogP contribution in [0.3, 0.4) is 0 Å². The van der Waals surface area contributed by atoms with Gasteiger partial charge in [-0.25, -0.2) is 9.59 Å². The number of hydrogen-bond donors (Lipinski definition) is 2. The molecule has 0 aromatic carbocycles. The zero-order valence-corrected chi connectivity index (χ0v) is 23.8. The predicted octanol–water partition coefficient (Wildman–Crippen LogP) is 1.01. The minimum atomic E-state index is -0.494. The maximum atomic E-state index is 13.1. The van der Waals surface area contributed by atoms with E-state index in [-0.39, 0.29) is 0 Å². The smallest absolute Gasteiger partial charge is 0.329 e. The van der Waals surface area contributed by atoms with E-state index in [0.29, 0.717) is 53.7 Å². The van der Waals surface area contributed by atoms with Crippen molar-refractivity contribution in [1.29, 1.82) is 0 Å². The summed E-state index contributed by atoms with van der Waals surface area (Å²) >= 11 is 0. The van der Waals surface area contributed by atoms with Crippen LogP contribution in [0.25, 0.3) is 22.3 Å². The van der Waals surface area contributed by atoms with Crippen molar-refractivity contribution in [3.05, 3.63) is 41.7 Å². The van der Waals surface area contributed by atoms with Gasteiger partial charge < -0.3 is 18.9 Å². The second-order valence-corrected chi connectivity index (χ2v) is 11.3. The Balaban J connectivity index is 1.41. The molecule has 0 spiro atoms. The first-order chi connectivity index (χ1) is 19.8. The quantitative estimate of drug-likeness (QED) is 0.351. The first kappa shape index (κ1) is 27.1. The van der Waals surface area contributed by atoms with Gasteiger partial charge in [0, 0.05) is 53.4 Å². The minimum Gasteiger partial charge on any atom is -0.342 e. The maximum Gasteiger partial charge on any atom is 0.329 e. The molecular formula is C27H38N10O4. The number of aromatic nitrogens is 8. The Morgan fingerprint density at radius 3 is 1.32 bits per heavy atom. The summed E-state index contributed by atoms with van der Waals surface area (Å²) in [4.78, 5) is 69.8. The summed E-state index contributed by atoms with van der Waals surface area (Å²) < 4.78 is 6.61. The van der Waals surface area contributed by atoms with Crippen LogP contribution in [-0.2, 0) is 27.2 Å². The lowest BCUT2D eigenvalue weighted by atomic mass is 10.2. The predicted molar refractivity (Wildman–Crippen MR) is 157 cm³/mol. The van der Waals surface area contributed by atoms with Gasteiger partial charge in [0.1, 0.15) is 0 Å². The highest BCUT2D eigenvalue weighted by Gasteiger charge is 2.25. The summed E-state index contributed by atoms with van der Waals surface area (Å²) in [7, 11) is 3.23. The molecule has 14 heteroatoms. The van der Waals surface area contributed by atoms with Gasteiger partial charge in [-0.1, -0.05) is 25.7 Å². The lowest BCUT2D eigenvalue weighted by molar-refractivity contribution is 0.565. The van der Waals surface area contributed by atoms with E-state index in [0.717, 1.165) is 77.5 Å². The molecule has 0 saturated carbocycles. The number of hydrogen-bond acceptors (Lipinski definition) is 8. The van der Waals surface area contributed by atoms with Crippen molar-refractivity contribution in [1.82, 2.24) is 38.2 Å². The zero-order valence-electron chi connectivity index (χ0n) is 23.8. The SMILES string of the molecule is Cn1c(=O)[nH]c(=O)c2c1nc(N1CCCCCC1)n2CCCn1c(N2CCCCCC2)nc2c1c(=O)[nH]c(=O)n2C. The first-order valence-electron chi connectivity index (χ1n) is 14.7. The Kier molecular flexibility index (Phi) is 7.30. The normalized spacial score (nSPS) is 16.9. The number of imidazole rings is 2. The largest absolute Gasteiger partial charge is 0.342 e. The third-order valence-electron chi connectivity index (χ3n) is 8.52. The summed E-state index contributed by atoms with van der Waals surface area (Å²) in [6.45, 7) is 4.25. The van der Waals surface area contributed by atoms with E-state index < -0.39 is 22.5 Å². The van der Waals surface area contributed by atoms with Crippen molar-refractivity contribution in [2.45, 2.75) is 70.9 Å². The Labute approximate surface area is 235 Å². The molecule has 0 amide bonds. The van der Waals surface area contributed by atoms with Gasteiger partial charge in [-0.2, -0.15) is 9.97 Å². The number of aryl methyl sites for hydroxylation is 4. The average Bonchev–Trinajstić information content (AvgIpc) is 3.23. The molecule has 14 nitrogen and oxygen atoms in total. The molecule has 0 atom stereocenters. The third kappa shape index (κ3) is 4.88. The molecule has 2 aliphatic rings. The second kappa shape index (κ2) is 11.1. The van der Waals surface area contributed by atoms with Crippen LogP contribution in [0.1, 0.15) is 57.8 Å². The van der Waals surface area contributed by atoms with Crippen LogP contribution in [0, 0.1) is 0 Å². The highest BCUT2D eigenvalue weighted by atomic mass is 16.2. The van der Waals surface area contributed by atoms with Gasteiger partial charge in [-0.3, -0.25) is 28.7 Å². The molecule has 0 radical (unpaired) electrons. The number of nitrogens with one attached hydrogen (secondary N) is 2. The first-order valence-corrected chi connectivity index (χ1v) is 14.7. The van der Waals surface area contributed by atoms with Crippen molar-refractivity contribution in [2.75, 3.05) is 36.0 Å². The summed E-state index contributed by atoms with van der Waals surface area (Å²) in [5.41, 5.74) is -0.434. The third-order valence-corrected chi connectivity index (χ3v) is 8.52. The number of rotatable bonds is 6. The molecule has 0 bridgehead atoms. The summed E-state index contributed by atoms with van der Waals surface area (Å²) in [5.74, 6) is 1.38. The number of H-pyrrole nitrogens is 2. The molecule has 2 N–H and O–H groups in total. The monoisotopic (exact) mass is 566 g/mol. The molecule has 220 valence electrons. The summed E-state index contributed by atoms with van der Waals surface area (Å²) in [5, 5.41) is 0. The molecule has 0 aliphatic carbocycles. The van der Waals surface area contributed by atoms with Gasteiger partial charge in [0.2, 0.25) is 11.9 Å². The van der Waals surface area contributed by atoms with Crippen LogP contribution in [0.5, 0.6) is 0 Å².